The molecule has 2 aromatic carbocycles. The molecular weight excluding hydrogens is 422 g/mol. The van der Waals surface area contributed by atoms with Gasteiger partial charge in [0.25, 0.3) is 0 Å². The normalized spacial score (nSPS) is 24.7. The third kappa shape index (κ3) is 4.58. The van der Waals surface area contributed by atoms with Crippen LogP contribution in [0.2, 0.25) is 0 Å². The molecular formula is C29H39N3O2. The lowest BCUT2D eigenvalue weighted by Gasteiger charge is -2.51. The highest BCUT2D eigenvalue weighted by molar-refractivity contribution is 5.78. The number of hydrogen-bond donors (Lipinski definition) is 0. The molecule has 2 fully saturated rings. The molecule has 2 aromatic rings. The van der Waals surface area contributed by atoms with Crippen LogP contribution >= 0.6 is 0 Å². The summed E-state index contributed by atoms with van der Waals surface area (Å²) in [7, 11) is 6.07. The second-order valence-corrected chi connectivity index (χ2v) is 10.4. The number of methoxy groups -OCH3 is 1. The van der Waals surface area contributed by atoms with Crippen molar-refractivity contribution in [1.29, 1.82) is 0 Å². The van der Waals surface area contributed by atoms with Gasteiger partial charge >= 0.3 is 6.03 Å². The summed E-state index contributed by atoms with van der Waals surface area (Å²) in [5.74, 6) is 0.839. The van der Waals surface area contributed by atoms with Crippen molar-refractivity contribution in [3.63, 3.8) is 0 Å². The summed E-state index contributed by atoms with van der Waals surface area (Å²) in [5.41, 5.74) is 3.66. The SMILES string of the molecule is COc1ccc(CN2CC3(CCC(c4ccccc4)(N(C)C)CC3)N(CC=C(C)C)C2=O)cc1. The van der Waals surface area contributed by atoms with Crippen LogP contribution in [0.15, 0.2) is 66.2 Å². The van der Waals surface area contributed by atoms with Crippen LogP contribution in [0.1, 0.15) is 50.7 Å². The molecule has 1 heterocycles. The number of allylic oxidation sites excluding steroid dienone is 1. The first kappa shape index (κ1) is 24.3. The van der Waals surface area contributed by atoms with Gasteiger partial charge in [-0.3, -0.25) is 4.90 Å². The van der Waals surface area contributed by atoms with Crippen molar-refractivity contribution in [2.75, 3.05) is 34.3 Å². The van der Waals surface area contributed by atoms with E-state index in [4.69, 9.17) is 4.74 Å². The van der Waals surface area contributed by atoms with Gasteiger partial charge in [-0.25, -0.2) is 4.79 Å². The van der Waals surface area contributed by atoms with E-state index in [-0.39, 0.29) is 17.1 Å². The molecule has 1 aliphatic heterocycles. The zero-order valence-corrected chi connectivity index (χ0v) is 21.4. The van der Waals surface area contributed by atoms with Gasteiger partial charge in [0.05, 0.1) is 12.6 Å². The number of urea groups is 1. The highest BCUT2D eigenvalue weighted by Gasteiger charge is 2.54. The Kier molecular flexibility index (Phi) is 7.04. The highest BCUT2D eigenvalue weighted by Crippen LogP contribution is 2.49. The molecule has 2 aliphatic rings. The van der Waals surface area contributed by atoms with Crippen LogP contribution in [-0.2, 0) is 12.1 Å². The Labute approximate surface area is 205 Å². The summed E-state index contributed by atoms with van der Waals surface area (Å²) in [5, 5.41) is 0. The van der Waals surface area contributed by atoms with Gasteiger partial charge in [0.1, 0.15) is 5.75 Å². The number of benzene rings is 2. The third-order valence-electron chi connectivity index (χ3n) is 7.95. The highest BCUT2D eigenvalue weighted by atomic mass is 16.5. The van der Waals surface area contributed by atoms with E-state index in [1.807, 2.05) is 17.0 Å². The zero-order chi connectivity index (χ0) is 24.3. The van der Waals surface area contributed by atoms with Crippen molar-refractivity contribution >= 4 is 6.03 Å². The average molecular weight is 462 g/mol. The fraction of sp³-hybridized carbons (Fsp3) is 0.483. The van der Waals surface area contributed by atoms with Crippen molar-refractivity contribution < 1.29 is 9.53 Å². The van der Waals surface area contributed by atoms with Crippen LogP contribution in [0.5, 0.6) is 5.75 Å². The van der Waals surface area contributed by atoms with Gasteiger partial charge in [0, 0.05) is 25.2 Å². The molecule has 34 heavy (non-hydrogen) atoms. The van der Waals surface area contributed by atoms with Crippen molar-refractivity contribution in [2.45, 2.75) is 57.2 Å². The maximum absolute atomic E-state index is 13.7. The van der Waals surface area contributed by atoms with Gasteiger partial charge in [0.15, 0.2) is 0 Å². The Morgan fingerprint density at radius 3 is 2.21 bits per heavy atom. The standard InChI is InChI=1S/C29H39N3O2/c1-23(2)15-20-32-27(33)31(21-24-11-13-26(34-5)14-12-24)22-28(32)16-18-29(19-17-28,30(3)4)25-9-7-6-8-10-25/h6-15H,16-22H2,1-5H3. The van der Waals surface area contributed by atoms with Crippen LogP contribution in [0.3, 0.4) is 0 Å². The minimum atomic E-state index is -0.121. The molecule has 182 valence electrons. The lowest BCUT2D eigenvalue weighted by Crippen LogP contribution is -2.55. The molecule has 0 unspecified atom stereocenters. The molecule has 1 saturated carbocycles. The van der Waals surface area contributed by atoms with Gasteiger partial charge in [-0.2, -0.15) is 0 Å². The Hall–Kier alpha value is -2.79. The molecule has 0 N–H and O–H groups in total. The van der Waals surface area contributed by atoms with Gasteiger partial charge in [-0.05, 0) is 76.9 Å². The number of amides is 2. The van der Waals surface area contributed by atoms with E-state index in [2.05, 4.69) is 86.3 Å². The molecule has 1 saturated heterocycles. The summed E-state index contributed by atoms with van der Waals surface area (Å²) >= 11 is 0. The van der Waals surface area contributed by atoms with Crippen molar-refractivity contribution in [2.24, 2.45) is 0 Å². The minimum absolute atomic E-state index is 0.0150. The van der Waals surface area contributed by atoms with Crippen LogP contribution in [-0.4, -0.2) is 60.6 Å². The van der Waals surface area contributed by atoms with Gasteiger partial charge < -0.3 is 14.5 Å². The monoisotopic (exact) mass is 461 g/mol. The molecule has 0 atom stereocenters. The molecule has 5 heteroatoms. The lowest BCUT2D eigenvalue weighted by molar-refractivity contribution is 0.0278. The van der Waals surface area contributed by atoms with E-state index in [1.54, 1.807) is 7.11 Å². The molecule has 2 amide bonds. The number of carbonyl (C=O) groups is 1. The molecule has 0 radical (unpaired) electrons. The zero-order valence-electron chi connectivity index (χ0n) is 21.4. The predicted molar refractivity (Wildman–Crippen MR) is 138 cm³/mol. The summed E-state index contributed by atoms with van der Waals surface area (Å²) in [6, 6.07) is 19.1. The smallest absolute Gasteiger partial charge is 0.321 e. The van der Waals surface area contributed by atoms with Crippen LogP contribution < -0.4 is 4.74 Å². The van der Waals surface area contributed by atoms with Crippen LogP contribution in [0.4, 0.5) is 4.79 Å². The number of hydrogen-bond acceptors (Lipinski definition) is 3. The Morgan fingerprint density at radius 1 is 1.00 bits per heavy atom. The van der Waals surface area contributed by atoms with Crippen LogP contribution in [0, 0.1) is 0 Å². The van der Waals surface area contributed by atoms with Crippen molar-refractivity contribution in [3.8, 4) is 5.75 Å². The second kappa shape index (κ2) is 9.83. The molecule has 1 spiro atoms. The Balaban J connectivity index is 1.59. The first-order valence-electron chi connectivity index (χ1n) is 12.4. The van der Waals surface area contributed by atoms with Gasteiger partial charge in [-0.1, -0.05) is 54.1 Å². The minimum Gasteiger partial charge on any atom is -0.497 e. The maximum Gasteiger partial charge on any atom is 0.321 e. The summed E-state index contributed by atoms with van der Waals surface area (Å²) < 4.78 is 5.30. The average Bonchev–Trinajstić information content (AvgIpc) is 3.09. The number of rotatable bonds is 7. The molecule has 4 rings (SSSR count). The predicted octanol–water partition coefficient (Wildman–Crippen LogP) is 5.67. The number of nitrogens with zero attached hydrogens (tertiary/aromatic N) is 3. The van der Waals surface area contributed by atoms with Crippen molar-refractivity contribution in [1.82, 2.24) is 14.7 Å². The fourth-order valence-electron chi connectivity index (χ4n) is 5.80. The first-order chi connectivity index (χ1) is 16.3. The fourth-order valence-corrected chi connectivity index (χ4v) is 5.80. The van der Waals surface area contributed by atoms with E-state index in [0.717, 1.165) is 43.5 Å². The van der Waals surface area contributed by atoms with Crippen LogP contribution in [0.25, 0.3) is 0 Å². The first-order valence-corrected chi connectivity index (χ1v) is 12.4. The Bertz CT molecular complexity index is 1000. The molecule has 1 aliphatic carbocycles. The van der Waals surface area contributed by atoms with Gasteiger partial charge in [0.2, 0.25) is 0 Å². The topological polar surface area (TPSA) is 36.0 Å². The molecule has 5 nitrogen and oxygen atoms in total. The second-order valence-electron chi connectivity index (χ2n) is 10.4. The van der Waals surface area contributed by atoms with E-state index < -0.39 is 0 Å². The summed E-state index contributed by atoms with van der Waals surface area (Å²) in [6.45, 7) is 6.31. The van der Waals surface area contributed by atoms with Crippen molar-refractivity contribution in [3.05, 3.63) is 77.4 Å². The van der Waals surface area contributed by atoms with E-state index in [0.29, 0.717) is 13.1 Å². The van der Waals surface area contributed by atoms with E-state index in [1.165, 1.54) is 11.1 Å². The summed E-state index contributed by atoms with van der Waals surface area (Å²) in [6.07, 6.45) is 6.28. The van der Waals surface area contributed by atoms with E-state index in [9.17, 15) is 4.79 Å². The maximum atomic E-state index is 13.7. The number of ether oxygens (including phenoxy) is 1. The molecule has 0 aromatic heterocycles. The summed E-state index contributed by atoms with van der Waals surface area (Å²) in [4.78, 5) is 20.3. The largest absolute Gasteiger partial charge is 0.497 e. The molecule has 0 bridgehead atoms. The lowest BCUT2D eigenvalue weighted by atomic mass is 9.68. The van der Waals surface area contributed by atoms with E-state index >= 15 is 0 Å². The third-order valence-corrected chi connectivity index (χ3v) is 7.95. The quantitative estimate of drug-likeness (QED) is 0.499. The van der Waals surface area contributed by atoms with Gasteiger partial charge in [-0.15, -0.1) is 0 Å². The number of carbonyl (C=O) groups excluding carboxylic acids is 1. The Morgan fingerprint density at radius 2 is 1.65 bits per heavy atom.